The fourth-order valence-corrected chi connectivity index (χ4v) is 3.56. The predicted molar refractivity (Wildman–Crippen MR) is 119 cm³/mol. The van der Waals surface area contributed by atoms with Gasteiger partial charge in [-0.1, -0.05) is 59.6 Å². The third-order valence-electron chi connectivity index (χ3n) is 4.16. The van der Waals surface area contributed by atoms with Crippen LogP contribution < -0.4 is 10.6 Å². The number of nitrogens with one attached hydrogen (secondary N) is 2. The zero-order chi connectivity index (χ0) is 21.5. The molecule has 0 radical (unpaired) electrons. The Balaban J connectivity index is 1.46. The molecule has 0 fully saturated rings. The molecule has 1 atom stereocenters. The molecule has 9 heteroatoms. The number of nitrogens with zero attached hydrogens (tertiary/aromatic N) is 1. The van der Waals surface area contributed by atoms with E-state index in [4.69, 9.17) is 27.9 Å². The topological polar surface area (TPSA) is 80.3 Å². The fraction of sp³-hybridized carbons (Fsp3) is 0.190. The predicted octanol–water partition coefficient (Wildman–Crippen LogP) is 5.10. The largest absolute Gasteiger partial charge is 0.451 e. The van der Waals surface area contributed by atoms with Crippen LogP contribution in [0.2, 0.25) is 10.0 Å². The van der Waals surface area contributed by atoms with Crippen LogP contribution >= 0.6 is 34.5 Å². The summed E-state index contributed by atoms with van der Waals surface area (Å²) in [6.45, 7) is 1.98. The molecular formula is C21H19Cl2N3O3S. The second-order valence-corrected chi connectivity index (χ2v) is 8.09. The Bertz CT molecular complexity index is 1030. The van der Waals surface area contributed by atoms with Crippen LogP contribution in [0.15, 0.2) is 53.9 Å². The number of aromatic nitrogens is 1. The van der Waals surface area contributed by atoms with E-state index in [0.717, 1.165) is 11.1 Å². The number of rotatable bonds is 8. The number of anilines is 1. The van der Waals surface area contributed by atoms with Gasteiger partial charge >= 0.3 is 5.97 Å². The van der Waals surface area contributed by atoms with Crippen LogP contribution in [0, 0.1) is 0 Å². The number of thiazole rings is 1. The van der Waals surface area contributed by atoms with Crippen LogP contribution in [0.1, 0.15) is 34.6 Å². The lowest BCUT2D eigenvalue weighted by atomic mass is 10.1. The summed E-state index contributed by atoms with van der Waals surface area (Å²) in [7, 11) is 0. The lowest BCUT2D eigenvalue weighted by Gasteiger charge is -2.15. The maximum atomic E-state index is 12.2. The van der Waals surface area contributed by atoms with E-state index in [1.807, 2.05) is 30.3 Å². The van der Waals surface area contributed by atoms with E-state index in [2.05, 4.69) is 15.6 Å². The van der Waals surface area contributed by atoms with Gasteiger partial charge < -0.3 is 15.4 Å². The smallest absolute Gasteiger partial charge is 0.358 e. The Morgan fingerprint density at radius 3 is 2.63 bits per heavy atom. The van der Waals surface area contributed by atoms with Gasteiger partial charge in [-0.3, -0.25) is 4.79 Å². The van der Waals surface area contributed by atoms with Crippen LogP contribution in [0.25, 0.3) is 0 Å². The van der Waals surface area contributed by atoms with Crippen LogP contribution in [0.5, 0.6) is 0 Å². The van der Waals surface area contributed by atoms with Crippen molar-refractivity contribution in [3.8, 4) is 0 Å². The minimum absolute atomic E-state index is 0.154. The Morgan fingerprint density at radius 2 is 1.90 bits per heavy atom. The zero-order valence-electron chi connectivity index (χ0n) is 16.0. The van der Waals surface area contributed by atoms with E-state index < -0.39 is 18.5 Å². The lowest BCUT2D eigenvalue weighted by molar-refractivity contribution is -0.124. The van der Waals surface area contributed by atoms with Crippen molar-refractivity contribution in [1.82, 2.24) is 10.3 Å². The van der Waals surface area contributed by atoms with Gasteiger partial charge in [0.15, 0.2) is 17.4 Å². The molecule has 1 amide bonds. The van der Waals surface area contributed by atoms with E-state index >= 15 is 0 Å². The van der Waals surface area contributed by atoms with Gasteiger partial charge in [-0.05, 0) is 30.2 Å². The Labute approximate surface area is 188 Å². The molecule has 0 aliphatic rings. The normalized spacial score (nSPS) is 11.6. The number of esters is 1. The van der Waals surface area contributed by atoms with Crippen LogP contribution in [0.4, 0.5) is 5.13 Å². The molecular weight excluding hydrogens is 445 g/mol. The molecule has 0 spiro atoms. The second kappa shape index (κ2) is 10.4. The molecule has 3 aromatic rings. The molecule has 156 valence electrons. The maximum Gasteiger partial charge on any atom is 0.358 e. The highest BCUT2D eigenvalue weighted by atomic mass is 35.5. The van der Waals surface area contributed by atoms with Crippen LogP contribution in [0.3, 0.4) is 0 Å². The van der Waals surface area contributed by atoms with Crippen molar-refractivity contribution in [3.05, 3.63) is 80.8 Å². The lowest BCUT2D eigenvalue weighted by Crippen LogP contribution is -2.31. The van der Waals surface area contributed by atoms with Crippen molar-refractivity contribution in [3.63, 3.8) is 0 Å². The molecule has 0 aliphatic heterocycles. The van der Waals surface area contributed by atoms with Crippen molar-refractivity contribution in [2.75, 3.05) is 11.9 Å². The number of carbonyl (C=O) groups excluding carboxylic acids is 2. The Morgan fingerprint density at radius 1 is 1.13 bits per heavy atom. The van der Waals surface area contributed by atoms with Crippen molar-refractivity contribution >= 4 is 51.5 Å². The summed E-state index contributed by atoms with van der Waals surface area (Å²) in [4.78, 5) is 28.5. The Hall–Kier alpha value is -2.61. The highest BCUT2D eigenvalue weighted by Crippen LogP contribution is 2.25. The summed E-state index contributed by atoms with van der Waals surface area (Å²) < 4.78 is 5.06. The summed E-state index contributed by atoms with van der Waals surface area (Å²) >= 11 is 13.2. The monoisotopic (exact) mass is 463 g/mol. The molecule has 0 aliphatic carbocycles. The van der Waals surface area contributed by atoms with E-state index in [-0.39, 0.29) is 11.7 Å². The first kappa shape index (κ1) is 22.1. The Kier molecular flexibility index (Phi) is 7.68. The highest BCUT2D eigenvalue weighted by Gasteiger charge is 2.16. The fourth-order valence-electron chi connectivity index (χ4n) is 2.58. The molecule has 1 heterocycles. The third kappa shape index (κ3) is 6.19. The van der Waals surface area contributed by atoms with Gasteiger partial charge in [-0.25, -0.2) is 9.78 Å². The van der Waals surface area contributed by atoms with Gasteiger partial charge in [0.1, 0.15) is 0 Å². The van der Waals surface area contributed by atoms with E-state index in [1.165, 1.54) is 11.3 Å². The maximum absolute atomic E-state index is 12.2. The quantitative estimate of drug-likeness (QED) is 0.454. The number of halogens is 2. The molecule has 2 N–H and O–H groups in total. The summed E-state index contributed by atoms with van der Waals surface area (Å²) in [5.74, 6) is -1.09. The minimum Gasteiger partial charge on any atom is -0.451 e. The first-order chi connectivity index (χ1) is 14.4. The van der Waals surface area contributed by atoms with Gasteiger partial charge in [0.2, 0.25) is 0 Å². The summed E-state index contributed by atoms with van der Waals surface area (Å²) in [6.07, 6.45) is 0. The summed E-state index contributed by atoms with van der Waals surface area (Å²) in [6, 6.07) is 14.6. The number of ether oxygens (including phenoxy) is 1. The zero-order valence-corrected chi connectivity index (χ0v) is 18.4. The highest BCUT2D eigenvalue weighted by molar-refractivity contribution is 7.13. The SMILES string of the molecule is CC(NC(=O)COC(=O)c1csc(NCc2ccccc2)n1)c1ccc(Cl)c(Cl)c1. The van der Waals surface area contributed by atoms with Crippen molar-refractivity contribution < 1.29 is 14.3 Å². The average molecular weight is 464 g/mol. The summed E-state index contributed by atoms with van der Waals surface area (Å²) in [5, 5.41) is 8.93. The third-order valence-corrected chi connectivity index (χ3v) is 5.69. The number of benzene rings is 2. The summed E-state index contributed by atoms with van der Waals surface area (Å²) in [5.41, 5.74) is 2.04. The van der Waals surface area contributed by atoms with E-state index in [9.17, 15) is 9.59 Å². The molecule has 2 aromatic carbocycles. The molecule has 0 saturated heterocycles. The van der Waals surface area contributed by atoms with Gasteiger partial charge in [-0.2, -0.15) is 0 Å². The first-order valence-corrected chi connectivity index (χ1v) is 10.7. The molecule has 6 nitrogen and oxygen atoms in total. The van der Waals surface area contributed by atoms with Gasteiger partial charge in [0, 0.05) is 11.9 Å². The second-order valence-electron chi connectivity index (χ2n) is 6.42. The van der Waals surface area contributed by atoms with Gasteiger partial charge in [0.05, 0.1) is 16.1 Å². The molecule has 0 saturated carbocycles. The van der Waals surface area contributed by atoms with E-state index in [1.54, 1.807) is 30.5 Å². The number of hydrogen-bond donors (Lipinski definition) is 2. The first-order valence-electron chi connectivity index (χ1n) is 9.07. The van der Waals surface area contributed by atoms with Gasteiger partial charge in [0.25, 0.3) is 5.91 Å². The van der Waals surface area contributed by atoms with Crippen molar-refractivity contribution in [2.45, 2.75) is 19.5 Å². The van der Waals surface area contributed by atoms with Crippen molar-refractivity contribution in [1.29, 1.82) is 0 Å². The number of carbonyl (C=O) groups is 2. The molecule has 1 aromatic heterocycles. The van der Waals surface area contributed by atoms with Crippen LogP contribution in [-0.4, -0.2) is 23.5 Å². The molecule has 30 heavy (non-hydrogen) atoms. The van der Waals surface area contributed by atoms with Crippen LogP contribution in [-0.2, 0) is 16.1 Å². The van der Waals surface area contributed by atoms with Gasteiger partial charge in [-0.15, -0.1) is 11.3 Å². The standard InChI is InChI=1S/C21H19Cl2N3O3S/c1-13(15-7-8-16(22)17(23)9-15)25-19(27)11-29-20(28)18-12-30-21(26-18)24-10-14-5-3-2-4-6-14/h2-9,12-13H,10-11H2,1H3,(H,24,26)(H,25,27). The molecule has 3 rings (SSSR count). The number of hydrogen-bond acceptors (Lipinski definition) is 6. The molecule has 0 bridgehead atoms. The minimum atomic E-state index is -0.656. The molecule has 1 unspecified atom stereocenters. The van der Waals surface area contributed by atoms with E-state index in [0.29, 0.717) is 21.7 Å². The number of amides is 1. The average Bonchev–Trinajstić information content (AvgIpc) is 3.22. The van der Waals surface area contributed by atoms with Crippen molar-refractivity contribution in [2.24, 2.45) is 0 Å².